The predicted octanol–water partition coefficient (Wildman–Crippen LogP) is 5.18. The van der Waals surface area contributed by atoms with Crippen molar-refractivity contribution in [2.24, 2.45) is 0 Å². The number of H-pyrrole nitrogens is 2. The summed E-state index contributed by atoms with van der Waals surface area (Å²) in [4.78, 5) is 6.07. The summed E-state index contributed by atoms with van der Waals surface area (Å²) in [7, 11) is 0. The van der Waals surface area contributed by atoms with Crippen LogP contribution in [0, 0.1) is 23.0 Å². The van der Waals surface area contributed by atoms with Gasteiger partial charge in [0.15, 0.2) is 5.75 Å². The largest absolute Gasteiger partial charge is 0.504 e. The third-order valence-corrected chi connectivity index (χ3v) is 5.56. The van der Waals surface area contributed by atoms with E-state index in [0.717, 1.165) is 0 Å². The number of phenolic OH excluding ortho intramolecular Hbond substituents is 1. The molecule has 1 aliphatic rings. The molecule has 0 spiro atoms. The van der Waals surface area contributed by atoms with E-state index < -0.39 is 11.6 Å². The Balaban J connectivity index is 0.000000340. The lowest BCUT2D eigenvalue weighted by Crippen LogP contribution is -2.03. The van der Waals surface area contributed by atoms with E-state index in [4.69, 9.17) is 0 Å². The van der Waals surface area contributed by atoms with Crippen molar-refractivity contribution < 1.29 is 13.9 Å². The van der Waals surface area contributed by atoms with Gasteiger partial charge < -0.3 is 20.4 Å². The van der Waals surface area contributed by atoms with E-state index >= 15 is 0 Å². The number of hydrogen-bond donors (Lipinski definition) is 4. The number of halogens is 2. The summed E-state index contributed by atoms with van der Waals surface area (Å²) in [5.41, 5.74) is 2.16. The second-order valence-electron chi connectivity index (χ2n) is 7.42. The molecule has 0 radical (unpaired) electrons. The van der Waals surface area contributed by atoms with Crippen molar-refractivity contribution >= 4 is 43.6 Å². The number of phenols is 1. The molecule has 30 heavy (non-hydrogen) atoms. The van der Waals surface area contributed by atoms with Gasteiger partial charge in [0, 0.05) is 32.6 Å². The van der Waals surface area contributed by atoms with Gasteiger partial charge in [-0.3, -0.25) is 0 Å². The smallest absolute Gasteiger partial charge is 0.164 e. The van der Waals surface area contributed by atoms with Crippen molar-refractivity contribution in [3.05, 3.63) is 53.6 Å². The fourth-order valence-corrected chi connectivity index (χ4v) is 4.19. The predicted molar refractivity (Wildman–Crippen MR) is 114 cm³/mol. The highest BCUT2D eigenvalue weighted by molar-refractivity contribution is 6.24. The highest BCUT2D eigenvalue weighted by Crippen LogP contribution is 2.43. The molecule has 150 valence electrons. The van der Waals surface area contributed by atoms with Crippen molar-refractivity contribution in [3.63, 3.8) is 0 Å². The third kappa shape index (κ3) is 2.77. The number of fused-ring (bicyclic) bond motifs is 6. The van der Waals surface area contributed by atoms with E-state index in [1.54, 1.807) is 12.1 Å². The van der Waals surface area contributed by atoms with Crippen LogP contribution >= 0.6 is 0 Å². The molecule has 3 aromatic carbocycles. The van der Waals surface area contributed by atoms with Gasteiger partial charge in [-0.1, -0.05) is 0 Å². The lowest BCUT2D eigenvalue weighted by molar-refractivity contribution is 0.485. The van der Waals surface area contributed by atoms with Gasteiger partial charge in [-0.25, -0.2) is 8.78 Å². The minimum Gasteiger partial charge on any atom is -0.504 e. The number of benzene rings is 3. The minimum atomic E-state index is -0.443. The van der Waals surface area contributed by atoms with Crippen molar-refractivity contribution in [3.8, 4) is 11.8 Å². The molecule has 3 heterocycles. The van der Waals surface area contributed by atoms with Crippen LogP contribution in [0.25, 0.3) is 43.6 Å². The Hall–Kier alpha value is -3.63. The van der Waals surface area contributed by atoms with Crippen LogP contribution in [0.4, 0.5) is 8.78 Å². The Bertz CT molecular complexity index is 1370. The Morgan fingerprint density at radius 2 is 1.33 bits per heavy atom. The summed E-state index contributed by atoms with van der Waals surface area (Å²) in [6, 6.07) is 10.5. The van der Waals surface area contributed by atoms with Gasteiger partial charge in [0.25, 0.3) is 0 Å². The summed E-state index contributed by atoms with van der Waals surface area (Å²) in [6.45, 7) is 2.50. The number of nitrogens with one attached hydrogen (secondary N) is 3. The molecule has 1 aliphatic heterocycles. The zero-order valence-corrected chi connectivity index (χ0v) is 15.9. The average Bonchev–Trinajstić information content (AvgIpc) is 3.48. The number of nitrogens with zero attached hydrogens (tertiary/aromatic N) is 1. The van der Waals surface area contributed by atoms with Crippen molar-refractivity contribution in [2.75, 3.05) is 13.1 Å². The van der Waals surface area contributed by atoms with E-state index in [-0.39, 0.29) is 11.3 Å². The van der Waals surface area contributed by atoms with Gasteiger partial charge in [-0.15, -0.1) is 0 Å². The van der Waals surface area contributed by atoms with E-state index in [0.29, 0.717) is 43.6 Å². The van der Waals surface area contributed by atoms with Crippen molar-refractivity contribution in [2.45, 2.75) is 12.8 Å². The van der Waals surface area contributed by atoms with Gasteiger partial charge in [-0.2, -0.15) is 5.26 Å². The maximum atomic E-state index is 13.7. The Labute approximate surface area is 169 Å². The first-order chi connectivity index (χ1) is 14.6. The van der Waals surface area contributed by atoms with Gasteiger partial charge in [0.05, 0.1) is 16.6 Å². The molecule has 6 rings (SSSR count). The van der Waals surface area contributed by atoms with Gasteiger partial charge in [0.2, 0.25) is 0 Å². The topological polar surface area (TPSA) is 87.6 Å². The number of aromatic hydroxyl groups is 1. The lowest BCUT2D eigenvalue weighted by atomic mass is 10.00. The maximum absolute atomic E-state index is 13.7. The van der Waals surface area contributed by atoms with E-state index in [1.165, 1.54) is 50.2 Å². The van der Waals surface area contributed by atoms with E-state index in [1.807, 2.05) is 0 Å². The summed E-state index contributed by atoms with van der Waals surface area (Å²) in [5.74, 6) is -0.971. The fourth-order valence-electron chi connectivity index (χ4n) is 4.19. The SMILES string of the molecule is C1CCNC1.N#Cc1c2c([nH]c3ccc(F)cc32)c(O)c2[nH]c3ccc(F)cc3c12. The van der Waals surface area contributed by atoms with Gasteiger partial charge >= 0.3 is 0 Å². The molecular formula is C23H18F2N4O. The number of aromatic amines is 2. The summed E-state index contributed by atoms with van der Waals surface area (Å²) < 4.78 is 27.4. The third-order valence-electron chi connectivity index (χ3n) is 5.56. The number of rotatable bonds is 0. The van der Waals surface area contributed by atoms with Crippen LogP contribution in [0.2, 0.25) is 0 Å². The Kier molecular flexibility index (Phi) is 4.30. The number of hydrogen-bond acceptors (Lipinski definition) is 3. The Morgan fingerprint density at radius 1 is 0.833 bits per heavy atom. The second-order valence-corrected chi connectivity index (χ2v) is 7.42. The second kappa shape index (κ2) is 7.01. The molecule has 4 N–H and O–H groups in total. The first-order valence-corrected chi connectivity index (χ1v) is 9.76. The molecule has 2 aromatic heterocycles. The summed E-state index contributed by atoms with van der Waals surface area (Å²) in [5, 5.41) is 25.5. The van der Waals surface area contributed by atoms with Crippen LogP contribution in [0.3, 0.4) is 0 Å². The first-order valence-electron chi connectivity index (χ1n) is 9.76. The van der Waals surface area contributed by atoms with Crippen LogP contribution in [0.5, 0.6) is 5.75 Å². The molecule has 5 nitrogen and oxygen atoms in total. The highest BCUT2D eigenvalue weighted by atomic mass is 19.1. The molecule has 5 aromatic rings. The minimum absolute atomic E-state index is 0.0859. The quantitative estimate of drug-likeness (QED) is 0.287. The molecule has 1 saturated heterocycles. The first kappa shape index (κ1) is 18.4. The molecule has 0 atom stereocenters. The lowest BCUT2D eigenvalue weighted by Gasteiger charge is -2.02. The van der Waals surface area contributed by atoms with Gasteiger partial charge in [-0.05, 0) is 62.3 Å². The normalized spacial score (nSPS) is 13.8. The van der Waals surface area contributed by atoms with Crippen LogP contribution in [-0.2, 0) is 0 Å². The number of nitriles is 1. The summed E-state index contributed by atoms with van der Waals surface area (Å²) >= 11 is 0. The standard InChI is InChI=1S/C19H9F2N3O.C4H9N/c20-8-1-3-13-10(5-8)15-12(7-22)16-11-6-9(21)2-4-14(11)24-18(16)19(25)17(15)23-13;1-2-4-5-3-1/h1-6,23-25H;5H,1-4H2. The van der Waals surface area contributed by atoms with Crippen LogP contribution in [-0.4, -0.2) is 28.2 Å². The zero-order valence-electron chi connectivity index (χ0n) is 15.9. The molecule has 0 aliphatic carbocycles. The Morgan fingerprint density at radius 3 is 1.73 bits per heavy atom. The molecular weight excluding hydrogens is 386 g/mol. The molecule has 7 heteroatoms. The van der Waals surface area contributed by atoms with Crippen LogP contribution in [0.15, 0.2) is 36.4 Å². The molecule has 0 amide bonds. The zero-order chi connectivity index (χ0) is 20.8. The van der Waals surface area contributed by atoms with Crippen molar-refractivity contribution in [1.29, 1.82) is 5.26 Å². The van der Waals surface area contributed by atoms with Crippen LogP contribution in [0.1, 0.15) is 18.4 Å². The van der Waals surface area contributed by atoms with Gasteiger partial charge in [0.1, 0.15) is 17.7 Å². The van der Waals surface area contributed by atoms with E-state index in [2.05, 4.69) is 21.4 Å². The van der Waals surface area contributed by atoms with Crippen LogP contribution < -0.4 is 5.32 Å². The number of aromatic nitrogens is 2. The van der Waals surface area contributed by atoms with E-state index in [9.17, 15) is 19.1 Å². The molecule has 0 bridgehead atoms. The maximum Gasteiger partial charge on any atom is 0.164 e. The molecule has 1 fully saturated rings. The van der Waals surface area contributed by atoms with Crippen molar-refractivity contribution in [1.82, 2.24) is 15.3 Å². The molecule has 0 unspecified atom stereocenters. The highest BCUT2D eigenvalue weighted by Gasteiger charge is 2.21. The molecule has 0 saturated carbocycles. The average molecular weight is 404 g/mol. The fraction of sp³-hybridized carbons (Fsp3) is 0.174. The summed E-state index contributed by atoms with van der Waals surface area (Å²) in [6.07, 6.45) is 2.78. The monoisotopic (exact) mass is 404 g/mol.